The largest absolute Gasteiger partial charge is 0.274 e. The Bertz CT molecular complexity index is 521. The van der Waals surface area contributed by atoms with Crippen LogP contribution in [-0.4, -0.2) is 11.8 Å². The maximum atomic E-state index is 12.4. The molecule has 3 rings (SSSR count). The molecule has 1 aromatic rings. The van der Waals surface area contributed by atoms with E-state index in [9.17, 15) is 9.59 Å². The molecular weight excluding hydrogens is 226 g/mol. The zero-order chi connectivity index (χ0) is 12.7. The quantitative estimate of drug-likeness (QED) is 0.559. The van der Waals surface area contributed by atoms with Crippen molar-refractivity contribution in [1.82, 2.24) is 0 Å². The molecule has 3 nitrogen and oxygen atoms in total. The molecule has 1 aliphatic heterocycles. The minimum atomic E-state index is -0.178. The number of amides is 2. The number of hydrogen-bond donors (Lipinski definition) is 0. The van der Waals surface area contributed by atoms with E-state index in [-0.39, 0.29) is 29.6 Å². The van der Waals surface area contributed by atoms with Crippen LogP contribution in [0, 0.1) is 17.8 Å². The average Bonchev–Trinajstić information content (AvgIpc) is 2.64. The van der Waals surface area contributed by atoms with Crippen molar-refractivity contribution >= 4 is 17.5 Å². The molecule has 0 unspecified atom stereocenters. The van der Waals surface area contributed by atoms with Gasteiger partial charge in [-0.25, -0.2) is 0 Å². The Morgan fingerprint density at radius 1 is 1.11 bits per heavy atom. The van der Waals surface area contributed by atoms with Gasteiger partial charge in [0.25, 0.3) is 0 Å². The molecule has 1 fully saturated rings. The fourth-order valence-corrected chi connectivity index (χ4v) is 2.98. The molecule has 2 amide bonds. The number of allylic oxidation sites excluding steroid dienone is 2. The summed E-state index contributed by atoms with van der Waals surface area (Å²) in [5.74, 6) is -0.297. The zero-order valence-electron chi connectivity index (χ0n) is 10.2. The van der Waals surface area contributed by atoms with Crippen molar-refractivity contribution in [1.29, 1.82) is 0 Å². The van der Waals surface area contributed by atoms with Crippen LogP contribution in [0.15, 0.2) is 42.5 Å². The molecule has 92 valence electrons. The van der Waals surface area contributed by atoms with Crippen molar-refractivity contribution < 1.29 is 9.59 Å². The lowest BCUT2D eigenvalue weighted by Gasteiger charge is -2.22. The van der Waals surface area contributed by atoms with Gasteiger partial charge in [0.15, 0.2) is 0 Å². The number of imide groups is 1. The van der Waals surface area contributed by atoms with Crippen molar-refractivity contribution in [2.24, 2.45) is 17.8 Å². The maximum absolute atomic E-state index is 12.4. The average molecular weight is 241 g/mol. The van der Waals surface area contributed by atoms with E-state index in [0.29, 0.717) is 12.1 Å². The molecule has 0 bridgehead atoms. The number of hydrogen-bond acceptors (Lipinski definition) is 2. The molecule has 1 heterocycles. The number of nitrogens with zero attached hydrogens (tertiary/aromatic N) is 1. The van der Waals surface area contributed by atoms with Crippen LogP contribution in [0.1, 0.15) is 13.3 Å². The Kier molecular flexibility index (Phi) is 2.54. The van der Waals surface area contributed by atoms with Gasteiger partial charge in [-0.3, -0.25) is 14.5 Å². The van der Waals surface area contributed by atoms with Gasteiger partial charge in [0.2, 0.25) is 11.8 Å². The third-order valence-electron chi connectivity index (χ3n) is 3.89. The van der Waals surface area contributed by atoms with Gasteiger partial charge in [-0.1, -0.05) is 37.3 Å². The number of fused-ring (bicyclic) bond motifs is 1. The van der Waals surface area contributed by atoms with Crippen LogP contribution in [0.25, 0.3) is 0 Å². The second-order valence-electron chi connectivity index (χ2n) is 5.00. The minimum absolute atomic E-state index is 0.0481. The summed E-state index contributed by atoms with van der Waals surface area (Å²) >= 11 is 0. The molecule has 3 heteroatoms. The number of para-hydroxylation sites is 1. The smallest absolute Gasteiger partial charge is 0.238 e. The third kappa shape index (κ3) is 1.50. The van der Waals surface area contributed by atoms with Gasteiger partial charge in [-0.15, -0.1) is 0 Å². The molecule has 2 aliphatic rings. The standard InChI is InChI=1S/C15H15NO2/c1-10-6-5-9-12-13(10)15(18)16(14(12)17)11-7-3-2-4-8-11/h2-8,10,12-13H,9H2,1H3/t10-,12+,13+/m1/s1. The van der Waals surface area contributed by atoms with Crippen LogP contribution in [0.2, 0.25) is 0 Å². The Morgan fingerprint density at radius 2 is 1.83 bits per heavy atom. The first-order valence-electron chi connectivity index (χ1n) is 6.29. The van der Waals surface area contributed by atoms with Crippen LogP contribution in [0.3, 0.4) is 0 Å². The summed E-state index contributed by atoms with van der Waals surface area (Å²) in [6, 6.07) is 9.20. The van der Waals surface area contributed by atoms with E-state index in [1.54, 1.807) is 0 Å². The molecule has 0 saturated carbocycles. The normalized spacial score (nSPS) is 30.7. The number of benzene rings is 1. The van der Waals surface area contributed by atoms with E-state index in [4.69, 9.17) is 0 Å². The summed E-state index contributed by atoms with van der Waals surface area (Å²) in [6.07, 6.45) is 4.75. The Balaban J connectivity index is 2.00. The predicted molar refractivity (Wildman–Crippen MR) is 68.8 cm³/mol. The summed E-state index contributed by atoms with van der Waals surface area (Å²) < 4.78 is 0. The lowest BCUT2D eigenvalue weighted by atomic mass is 9.78. The van der Waals surface area contributed by atoms with E-state index in [2.05, 4.69) is 0 Å². The van der Waals surface area contributed by atoms with Gasteiger partial charge in [-0.05, 0) is 24.5 Å². The van der Waals surface area contributed by atoms with E-state index in [1.807, 2.05) is 49.4 Å². The second-order valence-corrected chi connectivity index (χ2v) is 5.00. The van der Waals surface area contributed by atoms with Crippen molar-refractivity contribution in [2.75, 3.05) is 4.90 Å². The fourth-order valence-electron chi connectivity index (χ4n) is 2.98. The monoisotopic (exact) mass is 241 g/mol. The molecule has 1 aliphatic carbocycles. The van der Waals surface area contributed by atoms with Gasteiger partial charge in [0, 0.05) is 0 Å². The van der Waals surface area contributed by atoms with Crippen molar-refractivity contribution in [2.45, 2.75) is 13.3 Å². The highest BCUT2D eigenvalue weighted by Gasteiger charge is 2.50. The molecule has 1 aromatic carbocycles. The van der Waals surface area contributed by atoms with Crippen LogP contribution in [-0.2, 0) is 9.59 Å². The van der Waals surface area contributed by atoms with Crippen LogP contribution >= 0.6 is 0 Å². The van der Waals surface area contributed by atoms with Gasteiger partial charge in [-0.2, -0.15) is 0 Å². The highest BCUT2D eigenvalue weighted by molar-refractivity contribution is 6.22. The van der Waals surface area contributed by atoms with Crippen molar-refractivity contribution in [3.05, 3.63) is 42.5 Å². The van der Waals surface area contributed by atoms with Crippen LogP contribution in [0.5, 0.6) is 0 Å². The van der Waals surface area contributed by atoms with E-state index in [0.717, 1.165) is 0 Å². The van der Waals surface area contributed by atoms with E-state index >= 15 is 0 Å². The first-order valence-corrected chi connectivity index (χ1v) is 6.29. The van der Waals surface area contributed by atoms with Gasteiger partial charge >= 0.3 is 0 Å². The second kappa shape index (κ2) is 4.09. The summed E-state index contributed by atoms with van der Waals surface area (Å²) in [5.41, 5.74) is 0.689. The SMILES string of the molecule is C[C@@H]1C=CC[C@@H]2C(=O)N(c3ccccc3)C(=O)[C@@H]12. The Labute approximate surface area is 106 Å². The summed E-state index contributed by atoms with van der Waals surface area (Å²) in [4.78, 5) is 26.2. The maximum Gasteiger partial charge on any atom is 0.238 e. The van der Waals surface area contributed by atoms with E-state index in [1.165, 1.54) is 4.90 Å². The summed E-state index contributed by atoms with van der Waals surface area (Å²) in [5, 5.41) is 0. The molecule has 0 radical (unpaired) electrons. The lowest BCUT2D eigenvalue weighted by molar-refractivity contribution is -0.122. The summed E-state index contributed by atoms with van der Waals surface area (Å²) in [7, 11) is 0. The highest BCUT2D eigenvalue weighted by atomic mass is 16.2. The molecule has 0 N–H and O–H groups in total. The molecule has 18 heavy (non-hydrogen) atoms. The molecule has 0 aromatic heterocycles. The molecule has 0 spiro atoms. The van der Waals surface area contributed by atoms with Crippen molar-refractivity contribution in [3.8, 4) is 0 Å². The van der Waals surface area contributed by atoms with E-state index < -0.39 is 0 Å². The van der Waals surface area contributed by atoms with Gasteiger partial charge in [0.1, 0.15) is 0 Å². The van der Waals surface area contributed by atoms with Crippen LogP contribution in [0.4, 0.5) is 5.69 Å². The molecule has 3 atom stereocenters. The van der Waals surface area contributed by atoms with Gasteiger partial charge in [0.05, 0.1) is 17.5 Å². The Hall–Kier alpha value is -1.90. The molecule has 1 saturated heterocycles. The minimum Gasteiger partial charge on any atom is -0.274 e. The number of anilines is 1. The highest BCUT2D eigenvalue weighted by Crippen LogP contribution is 2.40. The summed E-state index contributed by atoms with van der Waals surface area (Å²) in [6.45, 7) is 2.01. The fraction of sp³-hybridized carbons (Fsp3) is 0.333. The van der Waals surface area contributed by atoms with Crippen molar-refractivity contribution in [3.63, 3.8) is 0 Å². The van der Waals surface area contributed by atoms with Gasteiger partial charge < -0.3 is 0 Å². The zero-order valence-corrected chi connectivity index (χ0v) is 10.2. The molecular formula is C15H15NO2. The third-order valence-corrected chi connectivity index (χ3v) is 3.89. The van der Waals surface area contributed by atoms with Crippen LogP contribution < -0.4 is 4.90 Å². The lowest BCUT2D eigenvalue weighted by Crippen LogP contribution is -2.31. The predicted octanol–water partition coefficient (Wildman–Crippen LogP) is 2.39. The first kappa shape index (κ1) is 11.2. The topological polar surface area (TPSA) is 37.4 Å². The first-order chi connectivity index (χ1) is 8.70. The number of rotatable bonds is 1. The Morgan fingerprint density at radius 3 is 2.50 bits per heavy atom. The number of carbonyl (C=O) groups excluding carboxylic acids is 2. The number of carbonyl (C=O) groups is 2.